The number of anilines is 1. The van der Waals surface area contributed by atoms with Crippen LogP contribution in [-0.2, 0) is 10.0 Å². The molecule has 0 spiro atoms. The van der Waals surface area contributed by atoms with Gasteiger partial charge in [0.25, 0.3) is 0 Å². The highest BCUT2D eigenvalue weighted by Crippen LogP contribution is 2.32. The summed E-state index contributed by atoms with van der Waals surface area (Å²) >= 11 is 0. The first-order chi connectivity index (χ1) is 11.8. The number of aromatic nitrogens is 3. The van der Waals surface area contributed by atoms with Gasteiger partial charge in [0, 0.05) is 23.7 Å². The number of fused-ring (bicyclic) bond motifs is 4. The molecule has 6 nitrogen and oxygen atoms in total. The molecule has 0 aromatic carbocycles. The lowest BCUT2D eigenvalue weighted by Crippen LogP contribution is -2.36. The van der Waals surface area contributed by atoms with E-state index in [1.165, 1.54) is 10.9 Å². The normalized spacial score (nSPS) is 21.6. The minimum absolute atomic E-state index is 0.0964. The van der Waals surface area contributed by atoms with Gasteiger partial charge in [0.05, 0.1) is 46.8 Å². The Balaban J connectivity index is 2.18. The zero-order chi connectivity index (χ0) is 18.2. The van der Waals surface area contributed by atoms with E-state index in [9.17, 15) is 4.79 Å². The van der Waals surface area contributed by atoms with E-state index >= 15 is 0 Å². The number of rotatable bonds is 1. The fourth-order valence-electron chi connectivity index (χ4n) is 2.99. The Bertz CT molecular complexity index is 786. The van der Waals surface area contributed by atoms with Crippen molar-refractivity contribution in [3.05, 3.63) is 30.2 Å². The van der Waals surface area contributed by atoms with Crippen LogP contribution in [0.3, 0.4) is 0 Å². The number of hydrogen-bond acceptors (Lipinski definition) is 4. The summed E-state index contributed by atoms with van der Waals surface area (Å²) in [5, 5.41) is 5.35. The lowest BCUT2D eigenvalue weighted by molar-refractivity contribution is -0.119. The van der Waals surface area contributed by atoms with Crippen molar-refractivity contribution in [2.75, 3.05) is 5.32 Å². The Hall–Kier alpha value is -2.02. The average Bonchev–Trinajstić information content (AvgIpc) is 2.97. The molecule has 2 aromatic heterocycles. The van der Waals surface area contributed by atoms with Crippen LogP contribution in [0.15, 0.2) is 24.5 Å². The van der Waals surface area contributed by atoms with Gasteiger partial charge in [-0.3, -0.25) is 14.5 Å². The van der Waals surface area contributed by atoms with Crippen molar-refractivity contribution in [2.24, 2.45) is 11.7 Å². The van der Waals surface area contributed by atoms with E-state index in [4.69, 9.17) is 29.3 Å². The maximum atomic E-state index is 12.5. The molecule has 3 N–H and O–H groups in total. The zero-order valence-corrected chi connectivity index (χ0v) is 14.1. The first-order valence-corrected chi connectivity index (χ1v) is 8.25. The minimum atomic E-state index is -1.72. The Morgan fingerprint density at radius 3 is 2.84 bits per heavy atom. The van der Waals surface area contributed by atoms with Gasteiger partial charge in [0.1, 0.15) is 0 Å². The molecule has 1 aliphatic rings. The van der Waals surface area contributed by atoms with Crippen LogP contribution in [0.25, 0.3) is 11.3 Å². The van der Waals surface area contributed by atoms with Crippen molar-refractivity contribution in [1.29, 1.82) is 0 Å². The van der Waals surface area contributed by atoms with Crippen molar-refractivity contribution in [2.45, 2.75) is 37.5 Å². The largest absolute Gasteiger partial charge is 0.323 e. The van der Waals surface area contributed by atoms with Gasteiger partial charge in [-0.1, -0.05) is 13.3 Å². The lowest BCUT2D eigenvalue weighted by Gasteiger charge is -2.25. The molecular formula is C16H18B3N5O. The van der Waals surface area contributed by atoms with E-state index in [-0.39, 0.29) is 17.9 Å². The van der Waals surface area contributed by atoms with E-state index in [0.717, 1.165) is 30.5 Å². The monoisotopic (exact) mass is 329 g/mol. The fourth-order valence-corrected chi connectivity index (χ4v) is 2.99. The Morgan fingerprint density at radius 1 is 1.36 bits per heavy atom. The summed E-state index contributed by atoms with van der Waals surface area (Å²) in [5.74, 6) is -0.256. The van der Waals surface area contributed by atoms with Crippen molar-refractivity contribution in [3.8, 4) is 11.3 Å². The van der Waals surface area contributed by atoms with E-state index < -0.39 is 5.24 Å². The molecule has 25 heavy (non-hydrogen) atoms. The van der Waals surface area contributed by atoms with Crippen LogP contribution in [0.5, 0.6) is 0 Å². The number of carbonyl (C=O) groups is 1. The number of hydrogen-bond donors (Lipinski definition) is 2. The first-order valence-electron chi connectivity index (χ1n) is 8.25. The smallest absolute Gasteiger partial charge is 0.227 e. The fraction of sp³-hybridized carbons (Fsp3) is 0.438. The summed E-state index contributed by atoms with van der Waals surface area (Å²) in [5.41, 5.74) is 8.76. The molecule has 6 radical (unpaired) electrons. The quantitative estimate of drug-likeness (QED) is 0.757. The van der Waals surface area contributed by atoms with E-state index in [2.05, 4.69) is 15.4 Å². The molecule has 0 saturated carbocycles. The van der Waals surface area contributed by atoms with Crippen LogP contribution in [0.2, 0.25) is 0 Å². The van der Waals surface area contributed by atoms with Crippen molar-refractivity contribution < 1.29 is 4.79 Å². The first kappa shape index (κ1) is 17.8. The highest BCUT2D eigenvalue weighted by molar-refractivity contribution is 6.56. The summed E-state index contributed by atoms with van der Waals surface area (Å²) in [6.45, 7) is 1.88. The van der Waals surface area contributed by atoms with Gasteiger partial charge in [-0.15, -0.1) is 0 Å². The van der Waals surface area contributed by atoms with E-state index in [0.29, 0.717) is 11.4 Å². The van der Waals surface area contributed by atoms with Crippen molar-refractivity contribution in [3.63, 3.8) is 0 Å². The molecule has 122 valence electrons. The van der Waals surface area contributed by atoms with Crippen LogP contribution in [-0.4, -0.2) is 44.2 Å². The second-order valence-corrected chi connectivity index (χ2v) is 6.60. The Kier molecular flexibility index (Phi) is 4.78. The van der Waals surface area contributed by atoms with Crippen LogP contribution in [0, 0.1) is 5.92 Å². The van der Waals surface area contributed by atoms with Gasteiger partial charge in [-0.05, 0) is 30.2 Å². The molecule has 0 aliphatic carbocycles. The molecule has 2 atom stereocenters. The van der Waals surface area contributed by atoms with Gasteiger partial charge in [-0.2, -0.15) is 5.10 Å². The molecule has 3 rings (SSSR count). The SMILES string of the molecule is [B]C([B])([B])n1ncc2c1-c1ccnc(c1)[C@@H](N)CCC[C@@H](C)C(=O)N2. The third kappa shape index (κ3) is 3.66. The standard InChI is InChI=1S/C16H18B3N5O/c1-9-3-2-4-11(20)12-7-10(5-6-21-12)14-13(23-15(9)25)8-22-24(14)16(17,18)19/h5-9,11H,2-4,20H2,1H3,(H,23,25)/t9-,11+/m1/s1. The van der Waals surface area contributed by atoms with Crippen LogP contribution in [0.1, 0.15) is 37.9 Å². The highest BCUT2D eigenvalue weighted by Gasteiger charge is 2.25. The summed E-state index contributed by atoms with van der Waals surface area (Å²) < 4.78 is 1.28. The summed E-state index contributed by atoms with van der Waals surface area (Å²) in [7, 11) is 17.5. The minimum Gasteiger partial charge on any atom is -0.323 e. The molecule has 0 saturated heterocycles. The lowest BCUT2D eigenvalue weighted by atomic mass is 9.49. The molecular weight excluding hydrogens is 311 g/mol. The number of pyridine rings is 1. The van der Waals surface area contributed by atoms with Gasteiger partial charge in [0.2, 0.25) is 5.91 Å². The second-order valence-electron chi connectivity index (χ2n) is 6.60. The zero-order valence-electron chi connectivity index (χ0n) is 14.1. The summed E-state index contributed by atoms with van der Waals surface area (Å²) in [4.78, 5) is 16.8. The van der Waals surface area contributed by atoms with Gasteiger partial charge >= 0.3 is 0 Å². The third-order valence-electron chi connectivity index (χ3n) is 4.43. The van der Waals surface area contributed by atoms with Crippen LogP contribution >= 0.6 is 0 Å². The second kappa shape index (κ2) is 6.71. The Morgan fingerprint density at radius 2 is 2.12 bits per heavy atom. The number of carbonyl (C=O) groups excluding carboxylic acids is 1. The predicted octanol–water partition coefficient (Wildman–Crippen LogP) is 0.777. The molecule has 3 heterocycles. The molecule has 0 fully saturated rings. The van der Waals surface area contributed by atoms with Crippen LogP contribution in [0.4, 0.5) is 5.69 Å². The average molecular weight is 329 g/mol. The van der Waals surface area contributed by atoms with Gasteiger partial charge < -0.3 is 11.1 Å². The topological polar surface area (TPSA) is 85.8 Å². The number of nitrogens with two attached hydrogens (primary N) is 1. The molecule has 1 amide bonds. The van der Waals surface area contributed by atoms with E-state index in [1.807, 2.05) is 13.0 Å². The number of nitrogens with one attached hydrogen (secondary N) is 1. The maximum absolute atomic E-state index is 12.5. The van der Waals surface area contributed by atoms with Crippen molar-refractivity contribution >= 4 is 35.1 Å². The number of amides is 1. The molecule has 2 bridgehead atoms. The Labute approximate surface area is 151 Å². The third-order valence-corrected chi connectivity index (χ3v) is 4.43. The van der Waals surface area contributed by atoms with Crippen LogP contribution < -0.4 is 11.1 Å². The molecule has 2 aromatic rings. The highest BCUT2D eigenvalue weighted by atomic mass is 16.1. The van der Waals surface area contributed by atoms with Crippen molar-refractivity contribution in [1.82, 2.24) is 14.8 Å². The number of nitrogens with zero attached hydrogens (tertiary/aromatic N) is 3. The molecule has 1 aliphatic heterocycles. The summed E-state index contributed by atoms with van der Waals surface area (Å²) in [6, 6.07) is 3.41. The predicted molar refractivity (Wildman–Crippen MR) is 99.3 cm³/mol. The molecule has 0 unspecified atom stereocenters. The van der Waals surface area contributed by atoms with E-state index in [1.54, 1.807) is 12.3 Å². The van der Waals surface area contributed by atoms with Gasteiger partial charge in [0.15, 0.2) is 0 Å². The van der Waals surface area contributed by atoms with Gasteiger partial charge in [-0.25, -0.2) is 0 Å². The summed E-state index contributed by atoms with van der Waals surface area (Å²) in [6.07, 6.45) is 5.47. The maximum Gasteiger partial charge on any atom is 0.227 e. The molecule has 9 heteroatoms.